The molecule has 46 heavy (non-hydrogen) atoms. The van der Waals surface area contributed by atoms with Gasteiger partial charge in [0.1, 0.15) is 5.75 Å². The van der Waals surface area contributed by atoms with Crippen LogP contribution in [0.4, 0.5) is 0 Å². The first kappa shape index (κ1) is 33.7. The lowest BCUT2D eigenvalue weighted by Gasteiger charge is -2.49. The molecule has 2 N–H and O–H groups in total. The third-order valence-corrected chi connectivity index (χ3v) is 10.6. The molecule has 5 rings (SSSR count). The number of hydrogen-bond acceptors (Lipinski definition) is 7. The van der Waals surface area contributed by atoms with Crippen LogP contribution in [0.5, 0.6) is 23.0 Å². The Labute approximate surface area is 280 Å². The van der Waals surface area contributed by atoms with E-state index in [1.807, 2.05) is 41.3 Å². The highest BCUT2D eigenvalue weighted by Gasteiger charge is 2.51. The monoisotopic (exact) mass is 669 g/mol. The van der Waals surface area contributed by atoms with E-state index >= 15 is 0 Å². The van der Waals surface area contributed by atoms with Crippen molar-refractivity contribution in [3.8, 4) is 23.0 Å². The number of piperidine rings is 1. The van der Waals surface area contributed by atoms with Crippen molar-refractivity contribution in [1.29, 1.82) is 0 Å². The van der Waals surface area contributed by atoms with Crippen LogP contribution in [0.25, 0.3) is 0 Å². The van der Waals surface area contributed by atoms with E-state index in [9.17, 15) is 9.59 Å². The molecule has 2 amide bonds. The Bertz CT molecular complexity index is 1560. The molecule has 4 atom stereocenters. The van der Waals surface area contributed by atoms with Crippen molar-refractivity contribution in [2.45, 2.75) is 37.1 Å². The van der Waals surface area contributed by atoms with Gasteiger partial charge in [0.05, 0.1) is 43.9 Å². The average Bonchev–Trinajstić information content (AvgIpc) is 3.58. The molecule has 11 heteroatoms. The fraction of sp³-hybridized carbons (Fsp3) is 0.429. The Hall–Kier alpha value is -3.66. The Morgan fingerprint density at radius 1 is 0.870 bits per heavy atom. The quantitative estimate of drug-likeness (QED) is 0.291. The normalized spacial score (nSPS) is 22.3. The number of primary amides is 1. The summed E-state index contributed by atoms with van der Waals surface area (Å²) in [6, 6.07) is 16.6. The molecule has 2 saturated heterocycles. The molecule has 2 aliphatic heterocycles. The number of benzene rings is 3. The molecule has 246 valence electrons. The molecule has 0 aromatic heterocycles. The highest BCUT2D eigenvalue weighted by atomic mass is 35.5. The van der Waals surface area contributed by atoms with Crippen molar-refractivity contribution in [3.05, 3.63) is 81.3 Å². The second-order valence-corrected chi connectivity index (χ2v) is 12.8. The second-order valence-electron chi connectivity index (χ2n) is 12.0. The Balaban J connectivity index is 1.40. The van der Waals surface area contributed by atoms with Gasteiger partial charge < -0.3 is 29.6 Å². The van der Waals surface area contributed by atoms with Gasteiger partial charge in [-0.15, -0.1) is 0 Å². The number of rotatable bonds is 10. The van der Waals surface area contributed by atoms with Crippen LogP contribution < -0.4 is 24.7 Å². The molecule has 0 bridgehead atoms. The summed E-state index contributed by atoms with van der Waals surface area (Å²) in [6.07, 6.45) is 1.37. The maximum Gasteiger partial charge on any atom is 0.254 e. The highest BCUT2D eigenvalue weighted by molar-refractivity contribution is 6.42. The third kappa shape index (κ3) is 6.20. The molecular weight excluding hydrogens is 629 g/mol. The van der Waals surface area contributed by atoms with Gasteiger partial charge in [-0.25, -0.2) is 0 Å². The summed E-state index contributed by atoms with van der Waals surface area (Å²) >= 11 is 12.8. The summed E-state index contributed by atoms with van der Waals surface area (Å²) in [7, 11) is 6.21. The standard InChI is InChI=1S/C35H41Cl2N3O6/c1-21(23-12-14-40(19-23)33(41)24-17-30(44-3)32(46-5)31(18-24)45-4)39-15-13-35(34(38)42,25-7-9-26(43-2)10-8-25)27(20-39)22-6-11-28(36)29(37)16-22/h6-11,16-18,21,23,27H,12-15,19-20H2,1-5H3,(H2,38,42). The zero-order valence-corrected chi connectivity index (χ0v) is 28.4. The topological polar surface area (TPSA) is 104 Å². The van der Waals surface area contributed by atoms with E-state index in [0.29, 0.717) is 71.2 Å². The molecule has 3 aromatic carbocycles. The molecule has 0 aliphatic carbocycles. The van der Waals surface area contributed by atoms with Crippen LogP contribution in [0.2, 0.25) is 10.0 Å². The molecule has 2 aliphatic rings. The van der Waals surface area contributed by atoms with Crippen molar-refractivity contribution in [3.63, 3.8) is 0 Å². The van der Waals surface area contributed by atoms with E-state index in [4.69, 9.17) is 47.9 Å². The van der Waals surface area contributed by atoms with E-state index in [-0.39, 0.29) is 29.7 Å². The van der Waals surface area contributed by atoms with Gasteiger partial charge in [0, 0.05) is 37.2 Å². The maximum absolute atomic E-state index is 13.7. The van der Waals surface area contributed by atoms with Crippen molar-refractivity contribution in [2.24, 2.45) is 11.7 Å². The summed E-state index contributed by atoms with van der Waals surface area (Å²) < 4.78 is 21.7. The lowest BCUT2D eigenvalue weighted by atomic mass is 9.62. The third-order valence-electron chi connectivity index (χ3n) is 9.88. The number of nitrogens with zero attached hydrogens (tertiary/aromatic N) is 2. The fourth-order valence-electron chi connectivity index (χ4n) is 7.19. The Morgan fingerprint density at radius 2 is 1.54 bits per heavy atom. The van der Waals surface area contributed by atoms with Crippen LogP contribution in [-0.2, 0) is 10.2 Å². The molecule has 0 spiro atoms. The second kappa shape index (κ2) is 14.0. The predicted molar refractivity (Wildman–Crippen MR) is 179 cm³/mol. The Kier molecular flexibility index (Phi) is 10.2. The molecular formula is C35H41Cl2N3O6. The van der Waals surface area contributed by atoms with E-state index in [0.717, 1.165) is 17.5 Å². The number of carbonyl (C=O) groups excluding carboxylic acids is 2. The molecule has 9 nitrogen and oxygen atoms in total. The number of nitrogens with two attached hydrogens (primary N) is 1. The van der Waals surface area contributed by atoms with Crippen LogP contribution in [0.1, 0.15) is 47.2 Å². The first-order valence-corrected chi connectivity index (χ1v) is 16.1. The van der Waals surface area contributed by atoms with Crippen molar-refractivity contribution in [2.75, 3.05) is 54.6 Å². The lowest BCUT2D eigenvalue weighted by Crippen LogP contribution is -2.57. The number of halogens is 2. The lowest BCUT2D eigenvalue weighted by molar-refractivity contribution is -0.126. The number of carbonyl (C=O) groups is 2. The zero-order chi connectivity index (χ0) is 33.2. The summed E-state index contributed by atoms with van der Waals surface area (Å²) in [6.45, 7) is 4.67. The first-order valence-electron chi connectivity index (χ1n) is 15.3. The van der Waals surface area contributed by atoms with Crippen molar-refractivity contribution in [1.82, 2.24) is 9.80 Å². The molecule has 3 aromatic rings. The van der Waals surface area contributed by atoms with Gasteiger partial charge in [-0.05, 0) is 79.8 Å². The van der Waals surface area contributed by atoms with Crippen molar-refractivity contribution < 1.29 is 28.5 Å². The molecule has 0 radical (unpaired) electrons. The van der Waals surface area contributed by atoms with Gasteiger partial charge in [-0.2, -0.15) is 0 Å². The number of methoxy groups -OCH3 is 4. The molecule has 2 fully saturated rings. The minimum Gasteiger partial charge on any atom is -0.497 e. The van der Waals surface area contributed by atoms with E-state index in [2.05, 4.69) is 11.8 Å². The summed E-state index contributed by atoms with van der Waals surface area (Å²) in [5, 5.41) is 0.873. The molecule has 0 saturated carbocycles. The number of amides is 2. The van der Waals surface area contributed by atoms with Gasteiger partial charge in [0.2, 0.25) is 11.7 Å². The molecule has 2 heterocycles. The highest BCUT2D eigenvalue weighted by Crippen LogP contribution is 2.48. The van der Waals surface area contributed by atoms with Crippen LogP contribution in [0.15, 0.2) is 54.6 Å². The SMILES string of the molecule is COc1ccc(C2(C(N)=O)CCN(C(C)C3CCN(C(=O)c4cc(OC)c(OC)c(OC)c4)C3)CC2c2ccc(Cl)c(Cl)c2)cc1. The summed E-state index contributed by atoms with van der Waals surface area (Å²) in [4.78, 5) is 31.5. The number of hydrogen-bond donors (Lipinski definition) is 1. The van der Waals surface area contributed by atoms with Crippen LogP contribution in [-0.4, -0.2) is 82.3 Å². The minimum atomic E-state index is -0.968. The largest absolute Gasteiger partial charge is 0.497 e. The maximum atomic E-state index is 13.7. The smallest absolute Gasteiger partial charge is 0.254 e. The van der Waals surface area contributed by atoms with Crippen LogP contribution >= 0.6 is 23.2 Å². The van der Waals surface area contributed by atoms with Gasteiger partial charge in [0.25, 0.3) is 5.91 Å². The minimum absolute atomic E-state index is 0.0893. The predicted octanol–water partition coefficient (Wildman–Crippen LogP) is 5.79. The van der Waals surface area contributed by atoms with Gasteiger partial charge in [-0.1, -0.05) is 41.4 Å². The van der Waals surface area contributed by atoms with E-state index < -0.39 is 5.41 Å². The molecule has 4 unspecified atom stereocenters. The zero-order valence-electron chi connectivity index (χ0n) is 26.8. The summed E-state index contributed by atoms with van der Waals surface area (Å²) in [5.74, 6) is 1.48. The van der Waals surface area contributed by atoms with Gasteiger partial charge in [0.15, 0.2) is 11.5 Å². The Morgan fingerprint density at radius 3 is 2.11 bits per heavy atom. The number of ether oxygens (including phenoxy) is 4. The van der Waals surface area contributed by atoms with E-state index in [1.54, 1.807) is 25.3 Å². The van der Waals surface area contributed by atoms with Crippen molar-refractivity contribution >= 4 is 35.0 Å². The first-order chi connectivity index (χ1) is 22.1. The summed E-state index contributed by atoms with van der Waals surface area (Å²) in [5.41, 5.74) is 7.54. The average molecular weight is 671 g/mol. The van der Waals surface area contributed by atoms with Gasteiger partial charge in [-0.3, -0.25) is 14.5 Å². The fourth-order valence-corrected chi connectivity index (χ4v) is 7.49. The van der Waals surface area contributed by atoms with Gasteiger partial charge >= 0.3 is 0 Å². The van der Waals surface area contributed by atoms with E-state index in [1.165, 1.54) is 21.3 Å². The van der Waals surface area contributed by atoms with Crippen LogP contribution in [0.3, 0.4) is 0 Å². The van der Waals surface area contributed by atoms with Crippen LogP contribution in [0, 0.1) is 5.92 Å². The number of likely N-dealkylation sites (tertiary alicyclic amines) is 2.